The first-order valence-electron chi connectivity index (χ1n) is 5.84. The SMILES string of the molecule is Ic1ncc(-c2cnn(C3CCCCO3)c2)nn1. The van der Waals surface area contributed by atoms with Gasteiger partial charge in [-0.25, -0.2) is 9.67 Å². The minimum atomic E-state index is 0.0530. The van der Waals surface area contributed by atoms with Gasteiger partial charge in [-0.3, -0.25) is 0 Å². The van der Waals surface area contributed by atoms with Crippen LogP contribution in [0.15, 0.2) is 18.6 Å². The molecule has 3 heterocycles. The Morgan fingerprint density at radius 2 is 2.22 bits per heavy atom. The lowest BCUT2D eigenvalue weighted by molar-refractivity contribution is -0.0394. The van der Waals surface area contributed by atoms with Gasteiger partial charge in [-0.05, 0) is 19.3 Å². The highest BCUT2D eigenvalue weighted by molar-refractivity contribution is 14.1. The molecule has 0 saturated carbocycles. The number of hydrogen-bond donors (Lipinski definition) is 0. The summed E-state index contributed by atoms with van der Waals surface area (Å²) in [6, 6.07) is 0. The first kappa shape index (κ1) is 12.0. The molecule has 0 bridgehead atoms. The first-order chi connectivity index (χ1) is 8.83. The van der Waals surface area contributed by atoms with Gasteiger partial charge in [0.25, 0.3) is 0 Å². The molecular weight excluding hydrogens is 345 g/mol. The molecule has 2 aromatic rings. The van der Waals surface area contributed by atoms with Crippen molar-refractivity contribution in [3.05, 3.63) is 22.4 Å². The van der Waals surface area contributed by atoms with Crippen molar-refractivity contribution in [3.63, 3.8) is 0 Å². The average molecular weight is 357 g/mol. The highest BCUT2D eigenvalue weighted by Gasteiger charge is 2.17. The highest BCUT2D eigenvalue weighted by Crippen LogP contribution is 2.24. The molecule has 0 radical (unpaired) electrons. The zero-order chi connectivity index (χ0) is 12.4. The monoisotopic (exact) mass is 357 g/mol. The summed E-state index contributed by atoms with van der Waals surface area (Å²) in [6.45, 7) is 0.810. The largest absolute Gasteiger partial charge is 0.357 e. The van der Waals surface area contributed by atoms with E-state index in [1.54, 1.807) is 12.4 Å². The number of rotatable bonds is 2. The zero-order valence-electron chi connectivity index (χ0n) is 9.66. The third-order valence-electron chi connectivity index (χ3n) is 2.88. The molecule has 1 aliphatic rings. The molecule has 1 saturated heterocycles. The smallest absolute Gasteiger partial charge is 0.212 e. The number of nitrogens with zero attached hydrogens (tertiary/aromatic N) is 5. The Balaban J connectivity index is 1.82. The van der Waals surface area contributed by atoms with Crippen molar-refractivity contribution in [2.45, 2.75) is 25.5 Å². The second-order valence-electron chi connectivity index (χ2n) is 4.14. The first-order valence-corrected chi connectivity index (χ1v) is 6.92. The average Bonchev–Trinajstić information content (AvgIpc) is 2.90. The molecule has 1 unspecified atom stereocenters. The minimum absolute atomic E-state index is 0.0530. The molecule has 0 aliphatic carbocycles. The maximum absolute atomic E-state index is 5.68. The number of hydrogen-bond acceptors (Lipinski definition) is 5. The molecular formula is C11H12IN5O. The third-order valence-corrected chi connectivity index (χ3v) is 3.38. The van der Waals surface area contributed by atoms with E-state index in [1.807, 2.05) is 33.5 Å². The lowest BCUT2D eigenvalue weighted by Crippen LogP contribution is -2.18. The summed E-state index contributed by atoms with van der Waals surface area (Å²) in [5.74, 6) is 0. The van der Waals surface area contributed by atoms with Crippen LogP contribution in [0.2, 0.25) is 0 Å². The van der Waals surface area contributed by atoms with Crippen LogP contribution >= 0.6 is 22.6 Å². The zero-order valence-corrected chi connectivity index (χ0v) is 11.8. The number of halogens is 1. The van der Waals surface area contributed by atoms with Crippen molar-refractivity contribution < 1.29 is 4.74 Å². The highest BCUT2D eigenvalue weighted by atomic mass is 127. The van der Waals surface area contributed by atoms with Gasteiger partial charge in [0.15, 0.2) is 0 Å². The van der Waals surface area contributed by atoms with Gasteiger partial charge in [-0.1, -0.05) is 0 Å². The quantitative estimate of drug-likeness (QED) is 0.770. The lowest BCUT2D eigenvalue weighted by atomic mass is 10.2. The molecule has 3 rings (SSSR count). The summed E-state index contributed by atoms with van der Waals surface area (Å²) in [4.78, 5) is 4.12. The summed E-state index contributed by atoms with van der Waals surface area (Å²) in [5, 5.41) is 12.4. The maximum Gasteiger partial charge on any atom is 0.212 e. The van der Waals surface area contributed by atoms with Crippen molar-refractivity contribution in [2.24, 2.45) is 0 Å². The van der Waals surface area contributed by atoms with Crippen LogP contribution in [0.5, 0.6) is 0 Å². The molecule has 94 valence electrons. The number of aromatic nitrogens is 5. The second kappa shape index (κ2) is 5.27. The van der Waals surface area contributed by atoms with E-state index in [9.17, 15) is 0 Å². The Morgan fingerprint density at radius 1 is 1.28 bits per heavy atom. The summed E-state index contributed by atoms with van der Waals surface area (Å²) >= 11 is 2.03. The van der Waals surface area contributed by atoms with Crippen LogP contribution in [-0.4, -0.2) is 31.6 Å². The van der Waals surface area contributed by atoms with Gasteiger partial charge in [-0.2, -0.15) is 5.10 Å². The van der Waals surface area contributed by atoms with Gasteiger partial charge in [0.1, 0.15) is 11.9 Å². The van der Waals surface area contributed by atoms with Crippen LogP contribution in [-0.2, 0) is 4.74 Å². The summed E-state index contributed by atoms with van der Waals surface area (Å²) < 4.78 is 8.17. The molecule has 0 aromatic carbocycles. The molecule has 7 heteroatoms. The van der Waals surface area contributed by atoms with Crippen LogP contribution < -0.4 is 0 Å². The van der Waals surface area contributed by atoms with E-state index < -0.39 is 0 Å². The van der Waals surface area contributed by atoms with E-state index in [2.05, 4.69) is 20.3 Å². The predicted molar refractivity (Wildman–Crippen MR) is 72.6 cm³/mol. The molecule has 6 nitrogen and oxygen atoms in total. The van der Waals surface area contributed by atoms with E-state index >= 15 is 0 Å². The van der Waals surface area contributed by atoms with Crippen LogP contribution in [0.3, 0.4) is 0 Å². The van der Waals surface area contributed by atoms with Crippen molar-refractivity contribution in [1.82, 2.24) is 25.0 Å². The van der Waals surface area contributed by atoms with Gasteiger partial charge in [0, 0.05) is 41.0 Å². The van der Waals surface area contributed by atoms with Gasteiger partial charge in [0.05, 0.1) is 12.4 Å². The van der Waals surface area contributed by atoms with Gasteiger partial charge < -0.3 is 4.74 Å². The van der Waals surface area contributed by atoms with Gasteiger partial charge >= 0.3 is 0 Å². The van der Waals surface area contributed by atoms with Crippen LogP contribution in [0.25, 0.3) is 11.3 Å². The number of ether oxygens (including phenoxy) is 1. The van der Waals surface area contributed by atoms with E-state index in [-0.39, 0.29) is 6.23 Å². The Bertz CT molecular complexity index is 520. The molecule has 0 amide bonds. The van der Waals surface area contributed by atoms with Crippen molar-refractivity contribution in [3.8, 4) is 11.3 Å². The van der Waals surface area contributed by atoms with Gasteiger partial charge in [0.2, 0.25) is 3.83 Å². The fraction of sp³-hybridized carbons (Fsp3) is 0.455. The molecule has 1 aliphatic heterocycles. The lowest BCUT2D eigenvalue weighted by Gasteiger charge is -2.22. The van der Waals surface area contributed by atoms with Crippen molar-refractivity contribution in [2.75, 3.05) is 6.61 Å². The summed E-state index contributed by atoms with van der Waals surface area (Å²) in [5.41, 5.74) is 1.65. The Morgan fingerprint density at radius 3 is 2.94 bits per heavy atom. The molecule has 1 atom stereocenters. The van der Waals surface area contributed by atoms with E-state index in [0.717, 1.165) is 30.7 Å². The molecule has 1 fully saturated rings. The van der Waals surface area contributed by atoms with E-state index in [4.69, 9.17) is 4.74 Å². The molecule has 0 N–H and O–H groups in total. The normalized spacial score (nSPS) is 19.9. The minimum Gasteiger partial charge on any atom is -0.357 e. The Labute approximate surface area is 118 Å². The van der Waals surface area contributed by atoms with Crippen LogP contribution in [0, 0.1) is 3.83 Å². The predicted octanol–water partition coefficient (Wildman–Crippen LogP) is 2.04. The van der Waals surface area contributed by atoms with E-state index in [1.165, 1.54) is 6.42 Å². The van der Waals surface area contributed by atoms with Crippen molar-refractivity contribution >= 4 is 22.6 Å². The Hall–Kier alpha value is -1.09. The van der Waals surface area contributed by atoms with Crippen LogP contribution in [0.1, 0.15) is 25.5 Å². The van der Waals surface area contributed by atoms with Gasteiger partial charge in [-0.15, -0.1) is 10.2 Å². The summed E-state index contributed by atoms with van der Waals surface area (Å²) in [7, 11) is 0. The molecule has 18 heavy (non-hydrogen) atoms. The molecule has 0 spiro atoms. The van der Waals surface area contributed by atoms with E-state index in [0.29, 0.717) is 3.83 Å². The summed E-state index contributed by atoms with van der Waals surface area (Å²) in [6.07, 6.45) is 8.81. The van der Waals surface area contributed by atoms with Crippen LogP contribution in [0.4, 0.5) is 0 Å². The van der Waals surface area contributed by atoms with Crippen molar-refractivity contribution in [1.29, 1.82) is 0 Å². The second-order valence-corrected chi connectivity index (χ2v) is 5.11. The topological polar surface area (TPSA) is 65.7 Å². The molecule has 2 aromatic heterocycles. The maximum atomic E-state index is 5.68. The third kappa shape index (κ3) is 2.51. The fourth-order valence-corrected chi connectivity index (χ4v) is 2.20. The fourth-order valence-electron chi connectivity index (χ4n) is 1.95. The standard InChI is InChI=1S/C11H12IN5O/c12-11-13-6-9(15-16-11)8-5-14-17(7-8)10-3-1-2-4-18-10/h5-7,10H,1-4H2. The Kier molecular flexibility index (Phi) is 3.50.